The number of aryl methyl sites for hydroxylation is 2. The van der Waals surface area contributed by atoms with Crippen molar-refractivity contribution in [1.29, 1.82) is 0 Å². The van der Waals surface area contributed by atoms with E-state index in [0.29, 0.717) is 11.4 Å². The molecule has 2 rings (SSSR count). The van der Waals surface area contributed by atoms with Gasteiger partial charge in [0.25, 0.3) is 0 Å². The normalized spacial score (nSPS) is 10.6. The monoisotopic (exact) mass is 342 g/mol. The lowest BCUT2D eigenvalue weighted by Crippen LogP contribution is -1.98. The third kappa shape index (κ3) is 3.01. The van der Waals surface area contributed by atoms with E-state index in [9.17, 15) is 4.39 Å². The lowest BCUT2D eigenvalue weighted by Gasteiger charge is -2.13. The summed E-state index contributed by atoms with van der Waals surface area (Å²) in [5, 5.41) is 3.20. The van der Waals surface area contributed by atoms with Crippen LogP contribution in [0.5, 0.6) is 0 Å². The molecule has 0 bridgehead atoms. The molecule has 0 aliphatic rings. The zero-order valence-electron chi connectivity index (χ0n) is 10.5. The first-order valence-corrected chi connectivity index (χ1v) is 6.84. The summed E-state index contributed by atoms with van der Waals surface area (Å²) in [7, 11) is 0. The van der Waals surface area contributed by atoms with Crippen molar-refractivity contribution in [2.24, 2.45) is 0 Å². The molecule has 0 saturated heterocycles. The Hall–Kier alpha value is -1.26. The summed E-state index contributed by atoms with van der Waals surface area (Å²) in [4.78, 5) is 0. The average Bonchev–Trinajstić information content (AvgIpc) is 2.33. The van der Waals surface area contributed by atoms with Gasteiger partial charge in [-0.3, -0.25) is 0 Å². The van der Waals surface area contributed by atoms with Crippen molar-refractivity contribution in [2.75, 3.05) is 11.1 Å². The predicted octanol–water partition coefficient (Wildman–Crippen LogP) is 5.18. The van der Waals surface area contributed by atoms with Crippen LogP contribution in [-0.4, -0.2) is 0 Å². The minimum atomic E-state index is -0.520. The molecule has 0 heterocycles. The Morgan fingerprint density at radius 1 is 1.16 bits per heavy atom. The van der Waals surface area contributed by atoms with Gasteiger partial charge in [-0.05, 0) is 43.2 Å². The van der Waals surface area contributed by atoms with Crippen molar-refractivity contribution in [3.8, 4) is 0 Å². The van der Waals surface area contributed by atoms with Gasteiger partial charge in [0, 0.05) is 16.2 Å². The van der Waals surface area contributed by atoms with Crippen LogP contribution in [0.15, 0.2) is 28.7 Å². The van der Waals surface area contributed by atoms with E-state index < -0.39 is 5.82 Å². The van der Waals surface area contributed by atoms with Gasteiger partial charge in [-0.25, -0.2) is 4.39 Å². The van der Waals surface area contributed by atoms with Crippen LogP contribution in [0.1, 0.15) is 11.1 Å². The summed E-state index contributed by atoms with van der Waals surface area (Å²) >= 11 is 9.27. The SMILES string of the molecule is Cc1cc(Nc2cc(Cl)c(F)cc2N)cc(C)c1Br. The zero-order valence-corrected chi connectivity index (χ0v) is 12.9. The molecule has 0 fully saturated rings. The molecule has 100 valence electrons. The molecule has 0 unspecified atom stereocenters. The second kappa shape index (κ2) is 5.39. The first-order valence-electron chi connectivity index (χ1n) is 5.67. The smallest absolute Gasteiger partial charge is 0.143 e. The average molecular weight is 344 g/mol. The van der Waals surface area contributed by atoms with E-state index in [1.165, 1.54) is 12.1 Å². The maximum atomic E-state index is 13.2. The second-order valence-electron chi connectivity index (χ2n) is 4.40. The molecule has 2 aromatic rings. The van der Waals surface area contributed by atoms with Gasteiger partial charge in [0.2, 0.25) is 0 Å². The summed E-state index contributed by atoms with van der Waals surface area (Å²) in [6, 6.07) is 6.66. The summed E-state index contributed by atoms with van der Waals surface area (Å²) in [5.41, 5.74) is 9.78. The number of nitrogens with two attached hydrogens (primary N) is 1. The Morgan fingerprint density at radius 2 is 1.74 bits per heavy atom. The fourth-order valence-electron chi connectivity index (χ4n) is 1.84. The zero-order chi connectivity index (χ0) is 14.2. The van der Waals surface area contributed by atoms with Gasteiger partial charge in [-0.15, -0.1) is 0 Å². The van der Waals surface area contributed by atoms with Crippen LogP contribution in [0.25, 0.3) is 0 Å². The molecular weight excluding hydrogens is 331 g/mol. The highest BCUT2D eigenvalue weighted by molar-refractivity contribution is 9.10. The van der Waals surface area contributed by atoms with Crippen molar-refractivity contribution >= 4 is 44.6 Å². The molecule has 19 heavy (non-hydrogen) atoms. The van der Waals surface area contributed by atoms with Crippen molar-refractivity contribution < 1.29 is 4.39 Å². The molecule has 0 radical (unpaired) electrons. The van der Waals surface area contributed by atoms with E-state index in [1.807, 2.05) is 26.0 Å². The Bertz CT molecular complexity index is 621. The van der Waals surface area contributed by atoms with Gasteiger partial charge < -0.3 is 11.1 Å². The first-order chi connectivity index (χ1) is 8.88. The highest BCUT2D eigenvalue weighted by Gasteiger charge is 2.08. The van der Waals surface area contributed by atoms with E-state index in [1.54, 1.807) is 0 Å². The van der Waals surface area contributed by atoms with Crippen molar-refractivity contribution in [3.05, 3.63) is 50.7 Å². The van der Waals surface area contributed by atoms with Gasteiger partial charge in [-0.2, -0.15) is 0 Å². The lowest BCUT2D eigenvalue weighted by atomic mass is 10.1. The largest absolute Gasteiger partial charge is 0.397 e. The lowest BCUT2D eigenvalue weighted by molar-refractivity contribution is 0.629. The second-order valence-corrected chi connectivity index (χ2v) is 5.60. The van der Waals surface area contributed by atoms with Gasteiger partial charge in [0.05, 0.1) is 16.4 Å². The number of anilines is 3. The first kappa shape index (κ1) is 14.2. The molecule has 5 heteroatoms. The predicted molar refractivity (Wildman–Crippen MR) is 82.7 cm³/mol. The van der Waals surface area contributed by atoms with Crippen molar-refractivity contribution in [3.63, 3.8) is 0 Å². The molecule has 0 amide bonds. The summed E-state index contributed by atoms with van der Waals surface area (Å²) < 4.78 is 14.3. The number of halogens is 3. The van der Waals surface area contributed by atoms with E-state index in [2.05, 4.69) is 21.2 Å². The number of nitrogens with one attached hydrogen (secondary N) is 1. The fourth-order valence-corrected chi connectivity index (χ4v) is 2.24. The molecule has 0 saturated carbocycles. The molecule has 0 aliphatic heterocycles. The van der Waals surface area contributed by atoms with E-state index in [4.69, 9.17) is 17.3 Å². The molecule has 3 N–H and O–H groups in total. The van der Waals surface area contributed by atoms with Crippen LogP contribution in [-0.2, 0) is 0 Å². The topological polar surface area (TPSA) is 38.0 Å². The molecule has 2 nitrogen and oxygen atoms in total. The molecule has 0 atom stereocenters. The van der Waals surface area contributed by atoms with Crippen LogP contribution >= 0.6 is 27.5 Å². The van der Waals surface area contributed by atoms with E-state index in [-0.39, 0.29) is 5.02 Å². The molecule has 0 spiro atoms. The van der Waals surface area contributed by atoms with Crippen LogP contribution in [0, 0.1) is 19.7 Å². The molecule has 0 aromatic heterocycles. The standard InChI is InChI=1S/C14H13BrClFN2/c1-7-3-9(4-8(2)14(7)15)19-13-5-10(16)11(17)6-12(13)18/h3-6,19H,18H2,1-2H3. The molecule has 0 aliphatic carbocycles. The van der Waals surface area contributed by atoms with Gasteiger partial charge in [0.1, 0.15) is 5.82 Å². The summed E-state index contributed by atoms with van der Waals surface area (Å²) in [6.45, 7) is 4.01. The number of rotatable bonds is 2. The number of hydrogen-bond acceptors (Lipinski definition) is 2. The molecular formula is C14H13BrClFN2. The Morgan fingerprint density at radius 3 is 2.32 bits per heavy atom. The molecule has 2 aromatic carbocycles. The third-order valence-electron chi connectivity index (χ3n) is 2.81. The number of benzene rings is 2. The van der Waals surface area contributed by atoms with Gasteiger partial charge in [-0.1, -0.05) is 27.5 Å². The van der Waals surface area contributed by atoms with Crippen molar-refractivity contribution in [1.82, 2.24) is 0 Å². The summed E-state index contributed by atoms with van der Waals surface area (Å²) in [5.74, 6) is -0.520. The maximum absolute atomic E-state index is 13.2. The Kier molecular flexibility index (Phi) is 4.02. The maximum Gasteiger partial charge on any atom is 0.143 e. The van der Waals surface area contributed by atoms with Gasteiger partial charge >= 0.3 is 0 Å². The van der Waals surface area contributed by atoms with Crippen LogP contribution in [0.2, 0.25) is 5.02 Å². The highest BCUT2D eigenvalue weighted by Crippen LogP contribution is 2.31. The van der Waals surface area contributed by atoms with Crippen LogP contribution < -0.4 is 11.1 Å². The number of hydrogen-bond donors (Lipinski definition) is 2. The van der Waals surface area contributed by atoms with E-state index >= 15 is 0 Å². The fraction of sp³-hybridized carbons (Fsp3) is 0.143. The summed E-state index contributed by atoms with van der Waals surface area (Å²) in [6.07, 6.45) is 0. The van der Waals surface area contributed by atoms with E-state index in [0.717, 1.165) is 21.3 Å². The minimum Gasteiger partial charge on any atom is -0.397 e. The Balaban J connectivity index is 2.39. The quantitative estimate of drug-likeness (QED) is 0.737. The third-order valence-corrected chi connectivity index (χ3v) is 4.35. The Labute approximate surface area is 124 Å². The van der Waals surface area contributed by atoms with Crippen LogP contribution in [0.3, 0.4) is 0 Å². The number of nitrogen functional groups attached to an aromatic ring is 1. The van der Waals surface area contributed by atoms with Gasteiger partial charge in [0.15, 0.2) is 0 Å². The van der Waals surface area contributed by atoms with Crippen molar-refractivity contribution in [2.45, 2.75) is 13.8 Å². The van der Waals surface area contributed by atoms with Crippen LogP contribution in [0.4, 0.5) is 21.5 Å². The minimum absolute atomic E-state index is 0.0438. The highest BCUT2D eigenvalue weighted by atomic mass is 79.9.